The molecule has 0 radical (unpaired) electrons. The minimum Gasteiger partial charge on any atom is -0.485 e. The fraction of sp³-hybridized carbons (Fsp3) is 0.444. The summed E-state index contributed by atoms with van der Waals surface area (Å²) in [5.41, 5.74) is -0.133. The molecule has 6 nitrogen and oxygen atoms in total. The Morgan fingerprint density at radius 1 is 1.62 bits per heavy atom. The van der Waals surface area contributed by atoms with Gasteiger partial charge in [0.2, 0.25) is 5.75 Å². The third-order valence-corrected chi connectivity index (χ3v) is 2.37. The van der Waals surface area contributed by atoms with Crippen molar-refractivity contribution in [1.82, 2.24) is 10.3 Å². The molecule has 1 N–H and O–H groups in total. The molecule has 1 heterocycles. The van der Waals surface area contributed by atoms with Gasteiger partial charge in [-0.25, -0.2) is 0 Å². The van der Waals surface area contributed by atoms with Crippen LogP contribution < -0.4 is 10.1 Å². The molecule has 0 bridgehead atoms. The summed E-state index contributed by atoms with van der Waals surface area (Å²) in [6.07, 6.45) is 2.64. The summed E-state index contributed by atoms with van der Waals surface area (Å²) in [4.78, 5) is 13.9. The minimum atomic E-state index is -0.514. The van der Waals surface area contributed by atoms with Crippen molar-refractivity contribution in [1.29, 1.82) is 0 Å². The van der Waals surface area contributed by atoms with E-state index in [1.807, 2.05) is 6.92 Å². The lowest BCUT2D eigenvalue weighted by atomic mass is 10.4. The Bertz CT molecular complexity index is 373. The SMILES string of the molecule is CCNCCOc1c(Br)cncc1[N+](=O)[O-]. The second-order valence-electron chi connectivity index (χ2n) is 2.93. The van der Waals surface area contributed by atoms with E-state index in [1.54, 1.807) is 0 Å². The molecule has 0 aliphatic rings. The average molecular weight is 290 g/mol. The molecule has 0 saturated heterocycles. The molecule has 88 valence electrons. The molecule has 16 heavy (non-hydrogen) atoms. The Balaban J connectivity index is 2.73. The van der Waals surface area contributed by atoms with Crippen molar-refractivity contribution in [2.75, 3.05) is 19.7 Å². The van der Waals surface area contributed by atoms with Crippen LogP contribution in [0.3, 0.4) is 0 Å². The van der Waals surface area contributed by atoms with E-state index >= 15 is 0 Å². The van der Waals surface area contributed by atoms with E-state index in [0.717, 1.165) is 6.54 Å². The summed E-state index contributed by atoms with van der Waals surface area (Å²) in [6, 6.07) is 0. The zero-order chi connectivity index (χ0) is 12.0. The van der Waals surface area contributed by atoms with E-state index in [2.05, 4.69) is 26.2 Å². The molecule has 0 spiro atoms. The van der Waals surface area contributed by atoms with Crippen molar-refractivity contribution in [3.05, 3.63) is 27.0 Å². The van der Waals surface area contributed by atoms with Crippen molar-refractivity contribution in [2.45, 2.75) is 6.92 Å². The van der Waals surface area contributed by atoms with E-state index in [9.17, 15) is 10.1 Å². The van der Waals surface area contributed by atoms with Crippen molar-refractivity contribution >= 4 is 21.6 Å². The van der Waals surface area contributed by atoms with Crippen LogP contribution in [0.5, 0.6) is 5.75 Å². The van der Waals surface area contributed by atoms with Crippen molar-refractivity contribution < 1.29 is 9.66 Å². The smallest absolute Gasteiger partial charge is 0.330 e. The highest BCUT2D eigenvalue weighted by Crippen LogP contribution is 2.33. The molecule has 0 aromatic carbocycles. The van der Waals surface area contributed by atoms with Gasteiger partial charge in [-0.05, 0) is 22.5 Å². The lowest BCUT2D eigenvalue weighted by molar-refractivity contribution is -0.386. The van der Waals surface area contributed by atoms with Gasteiger partial charge in [0.05, 0.1) is 9.40 Å². The number of nitrogens with zero attached hydrogens (tertiary/aromatic N) is 2. The molecule has 0 amide bonds. The summed E-state index contributed by atoms with van der Waals surface area (Å²) in [5.74, 6) is 0.220. The molecule has 1 aromatic heterocycles. The summed E-state index contributed by atoms with van der Waals surface area (Å²) in [6.45, 7) is 3.83. The fourth-order valence-corrected chi connectivity index (χ4v) is 1.52. The highest BCUT2D eigenvalue weighted by atomic mass is 79.9. The summed E-state index contributed by atoms with van der Waals surface area (Å²) in [7, 11) is 0. The molecule has 0 unspecified atom stereocenters. The first-order valence-electron chi connectivity index (χ1n) is 4.78. The van der Waals surface area contributed by atoms with E-state index in [1.165, 1.54) is 12.4 Å². The van der Waals surface area contributed by atoms with E-state index in [0.29, 0.717) is 17.6 Å². The quantitative estimate of drug-likeness (QED) is 0.490. The lowest BCUT2D eigenvalue weighted by Gasteiger charge is -2.08. The van der Waals surface area contributed by atoms with Gasteiger partial charge in [-0.3, -0.25) is 15.1 Å². The van der Waals surface area contributed by atoms with E-state index in [4.69, 9.17) is 4.74 Å². The van der Waals surface area contributed by atoms with Crippen LogP contribution in [-0.2, 0) is 0 Å². The normalized spacial score (nSPS) is 10.1. The fourth-order valence-electron chi connectivity index (χ4n) is 1.09. The molecule has 1 rings (SSSR count). The van der Waals surface area contributed by atoms with Crippen LogP contribution >= 0.6 is 15.9 Å². The molecule has 7 heteroatoms. The molecule has 0 aliphatic carbocycles. The van der Waals surface area contributed by atoms with Gasteiger partial charge in [-0.1, -0.05) is 6.92 Å². The summed E-state index contributed by atoms with van der Waals surface area (Å²) in [5, 5.41) is 13.8. The number of likely N-dealkylation sites (N-methyl/N-ethyl adjacent to an activating group) is 1. The van der Waals surface area contributed by atoms with Gasteiger partial charge < -0.3 is 10.1 Å². The predicted octanol–water partition coefficient (Wildman–Crippen LogP) is 1.74. The van der Waals surface area contributed by atoms with Crippen LogP contribution in [0, 0.1) is 10.1 Å². The van der Waals surface area contributed by atoms with Gasteiger partial charge in [-0.2, -0.15) is 0 Å². The number of ether oxygens (including phenoxy) is 1. The maximum atomic E-state index is 10.7. The van der Waals surface area contributed by atoms with Crippen LogP contribution in [0.4, 0.5) is 5.69 Å². The van der Waals surface area contributed by atoms with Crippen molar-refractivity contribution in [2.24, 2.45) is 0 Å². The predicted molar refractivity (Wildman–Crippen MR) is 62.6 cm³/mol. The van der Waals surface area contributed by atoms with Gasteiger partial charge in [0.1, 0.15) is 12.8 Å². The van der Waals surface area contributed by atoms with Crippen LogP contribution in [0.2, 0.25) is 0 Å². The Morgan fingerprint density at radius 2 is 2.38 bits per heavy atom. The van der Waals surface area contributed by atoms with E-state index < -0.39 is 4.92 Å². The molecule has 0 aliphatic heterocycles. The van der Waals surface area contributed by atoms with Gasteiger partial charge in [0, 0.05) is 12.7 Å². The first-order valence-corrected chi connectivity index (χ1v) is 5.57. The number of rotatable bonds is 6. The van der Waals surface area contributed by atoms with E-state index in [-0.39, 0.29) is 11.4 Å². The Kier molecular flexibility index (Phi) is 5.13. The Hall–Kier alpha value is -1.21. The molecule has 0 fully saturated rings. The largest absolute Gasteiger partial charge is 0.485 e. The highest BCUT2D eigenvalue weighted by Gasteiger charge is 2.18. The average Bonchev–Trinajstić information content (AvgIpc) is 2.25. The first-order chi connectivity index (χ1) is 7.66. The number of aromatic nitrogens is 1. The van der Waals surface area contributed by atoms with Crippen molar-refractivity contribution in [3.63, 3.8) is 0 Å². The number of hydrogen-bond donors (Lipinski definition) is 1. The summed E-state index contributed by atoms with van der Waals surface area (Å²) >= 11 is 3.17. The third-order valence-electron chi connectivity index (χ3n) is 1.81. The zero-order valence-corrected chi connectivity index (χ0v) is 10.4. The maximum Gasteiger partial charge on any atom is 0.330 e. The molecule has 1 aromatic rings. The molecular formula is C9H12BrN3O3. The second-order valence-corrected chi connectivity index (χ2v) is 3.78. The first kappa shape index (κ1) is 12.9. The van der Waals surface area contributed by atoms with Crippen LogP contribution in [-0.4, -0.2) is 29.6 Å². The van der Waals surface area contributed by atoms with Gasteiger partial charge >= 0.3 is 5.69 Å². The number of hydrogen-bond acceptors (Lipinski definition) is 5. The highest BCUT2D eigenvalue weighted by molar-refractivity contribution is 9.10. The maximum absolute atomic E-state index is 10.7. The lowest BCUT2D eigenvalue weighted by Crippen LogP contribution is -2.20. The number of nitrogens with one attached hydrogen (secondary N) is 1. The minimum absolute atomic E-state index is 0.133. The van der Waals surface area contributed by atoms with Gasteiger partial charge in [0.25, 0.3) is 0 Å². The molecule has 0 atom stereocenters. The standard InChI is InChI=1S/C9H12BrN3O3/c1-2-11-3-4-16-9-7(10)5-12-6-8(9)13(14)15/h5-6,11H,2-4H2,1H3. The van der Waals surface area contributed by atoms with Gasteiger partial charge in [-0.15, -0.1) is 0 Å². The topological polar surface area (TPSA) is 77.3 Å². The number of nitro groups is 1. The third kappa shape index (κ3) is 3.42. The van der Waals surface area contributed by atoms with Crippen LogP contribution in [0.1, 0.15) is 6.92 Å². The zero-order valence-electron chi connectivity index (χ0n) is 8.77. The monoisotopic (exact) mass is 289 g/mol. The van der Waals surface area contributed by atoms with Crippen molar-refractivity contribution in [3.8, 4) is 5.75 Å². The Morgan fingerprint density at radius 3 is 3.00 bits per heavy atom. The second kappa shape index (κ2) is 6.39. The number of pyridine rings is 1. The van der Waals surface area contributed by atoms with Gasteiger partial charge in [0.15, 0.2) is 0 Å². The van der Waals surface area contributed by atoms with Crippen LogP contribution in [0.15, 0.2) is 16.9 Å². The van der Waals surface area contributed by atoms with Crippen LogP contribution in [0.25, 0.3) is 0 Å². The Labute approximate surface area is 101 Å². The summed E-state index contributed by atoms with van der Waals surface area (Å²) < 4.78 is 5.82. The molecule has 0 saturated carbocycles. The number of halogens is 1. The molecular weight excluding hydrogens is 278 g/mol.